The number of carbonyl (C=O) groups is 2. The molecule has 0 bridgehead atoms. The molecule has 0 radical (unpaired) electrons. The minimum Gasteiger partial charge on any atom is -0.459 e. The van der Waals surface area contributed by atoms with E-state index < -0.39 is 16.8 Å². The fraction of sp³-hybridized carbons (Fsp3) is 0.379. The summed E-state index contributed by atoms with van der Waals surface area (Å²) in [6.45, 7) is 1.82. The number of nitro groups is 1. The van der Waals surface area contributed by atoms with E-state index >= 15 is 0 Å². The molecule has 2 aromatic rings. The third-order valence-electron chi connectivity index (χ3n) is 7.56. The Hall–Kier alpha value is -3.74. The van der Waals surface area contributed by atoms with Gasteiger partial charge in [0.25, 0.3) is 5.69 Å². The predicted octanol–water partition coefficient (Wildman–Crippen LogP) is 5.83. The van der Waals surface area contributed by atoms with Crippen LogP contribution >= 0.6 is 0 Å². The molecule has 0 amide bonds. The number of benzene rings is 2. The first-order valence-corrected chi connectivity index (χ1v) is 12.7. The van der Waals surface area contributed by atoms with Crippen molar-refractivity contribution in [3.63, 3.8) is 0 Å². The lowest BCUT2D eigenvalue weighted by Crippen LogP contribution is -2.37. The van der Waals surface area contributed by atoms with Gasteiger partial charge in [0.05, 0.1) is 10.5 Å². The maximum absolute atomic E-state index is 13.7. The molecular weight excluding hydrogens is 456 g/mol. The lowest BCUT2D eigenvalue weighted by molar-refractivity contribution is -0.384. The first-order valence-electron chi connectivity index (χ1n) is 12.7. The molecule has 7 heteroatoms. The lowest BCUT2D eigenvalue weighted by Gasteiger charge is -2.37. The number of nitro benzene ring substituents is 1. The molecule has 0 spiro atoms. The van der Waals surface area contributed by atoms with Gasteiger partial charge in [-0.2, -0.15) is 0 Å². The topological polar surface area (TPSA) is 98.5 Å². The Balaban J connectivity index is 1.56. The van der Waals surface area contributed by atoms with E-state index in [0.717, 1.165) is 43.4 Å². The van der Waals surface area contributed by atoms with Crippen LogP contribution in [-0.2, 0) is 14.3 Å². The van der Waals surface area contributed by atoms with Crippen molar-refractivity contribution in [3.8, 4) is 0 Å². The van der Waals surface area contributed by atoms with Crippen LogP contribution in [0.4, 0.5) is 5.69 Å². The smallest absolute Gasteiger partial charge is 0.337 e. The molecule has 7 nitrogen and oxygen atoms in total. The highest BCUT2D eigenvalue weighted by atomic mass is 16.6. The fourth-order valence-corrected chi connectivity index (χ4v) is 5.82. The Morgan fingerprint density at radius 2 is 1.72 bits per heavy atom. The molecule has 5 rings (SSSR count). The highest BCUT2D eigenvalue weighted by molar-refractivity contribution is 6.04. The standard InChI is InChI=1S/C29H30N2O5/c1-18-26(29(33)36-23-13-6-3-7-14-23)27(20-11-8-12-22(15-20)31(34)35)28-24(30-18)16-21(17-25(28)32)19-9-4-2-5-10-19/h2,4-5,8-12,15,21,23,27,30H,3,6-7,13-14,16-17H2,1H3/t21-,27-/m1/s1. The van der Waals surface area contributed by atoms with E-state index in [1.165, 1.54) is 12.1 Å². The number of esters is 1. The Morgan fingerprint density at radius 1 is 1.00 bits per heavy atom. The molecule has 0 unspecified atom stereocenters. The summed E-state index contributed by atoms with van der Waals surface area (Å²) >= 11 is 0. The quantitative estimate of drug-likeness (QED) is 0.324. The van der Waals surface area contributed by atoms with E-state index in [1.807, 2.05) is 37.3 Å². The second-order valence-electron chi connectivity index (χ2n) is 9.95. The van der Waals surface area contributed by atoms with Gasteiger partial charge in [-0.15, -0.1) is 0 Å². The molecular formula is C29H30N2O5. The molecule has 2 atom stereocenters. The average Bonchev–Trinajstić information content (AvgIpc) is 2.88. The Morgan fingerprint density at radius 3 is 2.44 bits per heavy atom. The summed E-state index contributed by atoms with van der Waals surface area (Å²) in [6.07, 6.45) is 5.66. The van der Waals surface area contributed by atoms with Crippen molar-refractivity contribution < 1.29 is 19.2 Å². The first kappa shape index (κ1) is 24.0. The maximum Gasteiger partial charge on any atom is 0.337 e. The van der Waals surface area contributed by atoms with Gasteiger partial charge >= 0.3 is 5.97 Å². The summed E-state index contributed by atoms with van der Waals surface area (Å²) in [5, 5.41) is 14.9. The van der Waals surface area contributed by atoms with Gasteiger partial charge in [0, 0.05) is 41.4 Å². The third-order valence-corrected chi connectivity index (χ3v) is 7.56. The number of rotatable bonds is 5. The second kappa shape index (κ2) is 10.1. The highest BCUT2D eigenvalue weighted by Crippen LogP contribution is 2.46. The summed E-state index contributed by atoms with van der Waals surface area (Å²) in [7, 11) is 0. The van der Waals surface area contributed by atoms with Gasteiger partial charge in [0.15, 0.2) is 5.78 Å². The van der Waals surface area contributed by atoms with E-state index in [1.54, 1.807) is 12.1 Å². The van der Waals surface area contributed by atoms with Crippen LogP contribution in [0, 0.1) is 10.1 Å². The molecule has 2 aliphatic carbocycles. The van der Waals surface area contributed by atoms with E-state index in [9.17, 15) is 19.7 Å². The minimum absolute atomic E-state index is 0.0271. The van der Waals surface area contributed by atoms with Crippen LogP contribution in [0.1, 0.15) is 74.8 Å². The predicted molar refractivity (Wildman–Crippen MR) is 135 cm³/mol. The molecule has 1 saturated carbocycles. The van der Waals surface area contributed by atoms with Gasteiger partial charge in [-0.3, -0.25) is 14.9 Å². The van der Waals surface area contributed by atoms with Crippen molar-refractivity contribution in [1.82, 2.24) is 5.32 Å². The normalized spacial score (nSPS) is 22.6. The molecule has 186 valence electrons. The molecule has 1 fully saturated rings. The van der Waals surface area contributed by atoms with E-state index in [0.29, 0.717) is 35.2 Å². The molecule has 1 heterocycles. The average molecular weight is 487 g/mol. The molecule has 2 aromatic carbocycles. The Labute approximate surface area is 210 Å². The Bertz CT molecular complexity index is 1260. The zero-order valence-electron chi connectivity index (χ0n) is 20.4. The number of Topliss-reactive ketones (excluding diaryl/α,β-unsaturated/α-hetero) is 1. The summed E-state index contributed by atoms with van der Waals surface area (Å²) in [5.74, 6) is -1.18. The van der Waals surface area contributed by atoms with Crippen LogP contribution in [0.5, 0.6) is 0 Å². The number of dihydropyridines is 1. The molecule has 1 aliphatic heterocycles. The minimum atomic E-state index is -0.707. The van der Waals surface area contributed by atoms with Crippen molar-refractivity contribution in [2.24, 2.45) is 0 Å². The maximum atomic E-state index is 13.7. The van der Waals surface area contributed by atoms with Crippen LogP contribution in [0.25, 0.3) is 0 Å². The Kier molecular flexibility index (Phi) is 6.72. The SMILES string of the molecule is CC1=C(C(=O)OC2CCCCC2)[C@@H](c2cccc([N+](=O)[O-])c2)C2=C(C[C@@H](c3ccccc3)CC2=O)N1. The molecule has 1 N–H and O–H groups in total. The van der Waals surface area contributed by atoms with Gasteiger partial charge in [-0.05, 0) is 56.1 Å². The lowest BCUT2D eigenvalue weighted by atomic mass is 9.71. The number of ether oxygens (including phenoxy) is 1. The highest BCUT2D eigenvalue weighted by Gasteiger charge is 2.42. The number of nitrogens with one attached hydrogen (secondary N) is 1. The molecule has 3 aliphatic rings. The van der Waals surface area contributed by atoms with E-state index in [4.69, 9.17) is 4.74 Å². The number of carbonyl (C=O) groups excluding carboxylic acids is 2. The van der Waals surface area contributed by atoms with Crippen LogP contribution in [0.2, 0.25) is 0 Å². The fourth-order valence-electron chi connectivity index (χ4n) is 5.82. The van der Waals surface area contributed by atoms with Crippen LogP contribution < -0.4 is 5.32 Å². The largest absolute Gasteiger partial charge is 0.459 e. The van der Waals surface area contributed by atoms with Gasteiger partial charge in [0.2, 0.25) is 0 Å². The zero-order chi connectivity index (χ0) is 25.2. The first-order chi connectivity index (χ1) is 17.4. The third kappa shape index (κ3) is 4.70. The van der Waals surface area contributed by atoms with Gasteiger partial charge in [-0.1, -0.05) is 48.9 Å². The number of ketones is 1. The van der Waals surface area contributed by atoms with Gasteiger partial charge in [-0.25, -0.2) is 4.79 Å². The van der Waals surface area contributed by atoms with Crippen LogP contribution in [0.3, 0.4) is 0 Å². The van der Waals surface area contributed by atoms with Crippen molar-refractivity contribution in [1.29, 1.82) is 0 Å². The zero-order valence-corrected chi connectivity index (χ0v) is 20.4. The second-order valence-corrected chi connectivity index (χ2v) is 9.95. The monoisotopic (exact) mass is 486 g/mol. The molecule has 0 saturated heterocycles. The van der Waals surface area contributed by atoms with Crippen molar-refractivity contribution in [2.75, 3.05) is 0 Å². The summed E-state index contributed by atoms with van der Waals surface area (Å²) in [4.78, 5) is 38.3. The summed E-state index contributed by atoms with van der Waals surface area (Å²) < 4.78 is 5.93. The number of hydrogen-bond acceptors (Lipinski definition) is 6. The summed E-state index contributed by atoms with van der Waals surface area (Å²) in [5.41, 5.74) is 3.87. The van der Waals surface area contributed by atoms with E-state index in [2.05, 4.69) is 5.32 Å². The molecule has 36 heavy (non-hydrogen) atoms. The number of nitrogens with zero attached hydrogens (tertiary/aromatic N) is 1. The number of non-ortho nitro benzene ring substituents is 1. The van der Waals surface area contributed by atoms with Crippen molar-refractivity contribution in [2.45, 2.75) is 69.8 Å². The van der Waals surface area contributed by atoms with Gasteiger partial charge in [0.1, 0.15) is 6.10 Å². The summed E-state index contributed by atoms with van der Waals surface area (Å²) in [6, 6.07) is 16.2. The van der Waals surface area contributed by atoms with Gasteiger partial charge < -0.3 is 10.1 Å². The number of allylic oxidation sites excluding steroid dienone is 3. The number of hydrogen-bond donors (Lipinski definition) is 1. The van der Waals surface area contributed by atoms with Crippen molar-refractivity contribution >= 4 is 17.4 Å². The van der Waals surface area contributed by atoms with Crippen molar-refractivity contribution in [3.05, 3.63) is 98.4 Å². The van der Waals surface area contributed by atoms with E-state index in [-0.39, 0.29) is 23.5 Å². The molecule has 0 aromatic heterocycles. The van der Waals surface area contributed by atoms with Crippen LogP contribution in [0.15, 0.2) is 77.1 Å². The van der Waals surface area contributed by atoms with Crippen LogP contribution in [-0.4, -0.2) is 22.8 Å².